The first kappa shape index (κ1) is 13.5. The van der Waals surface area contributed by atoms with Crippen LogP contribution in [0.3, 0.4) is 0 Å². The number of halogens is 1. The van der Waals surface area contributed by atoms with Crippen molar-refractivity contribution in [3.8, 4) is 0 Å². The Morgan fingerprint density at radius 3 is 2.70 bits per heavy atom. The summed E-state index contributed by atoms with van der Waals surface area (Å²) in [6.45, 7) is 1.99. The molecule has 2 aromatic rings. The summed E-state index contributed by atoms with van der Waals surface area (Å²) in [6.07, 6.45) is 8.20. The van der Waals surface area contributed by atoms with Gasteiger partial charge in [-0.15, -0.1) is 0 Å². The van der Waals surface area contributed by atoms with E-state index in [4.69, 9.17) is 5.73 Å². The maximum absolute atomic E-state index is 5.86. The monoisotopic (exact) mass is 335 g/mol. The van der Waals surface area contributed by atoms with Crippen LogP contribution >= 0.6 is 15.9 Å². The van der Waals surface area contributed by atoms with Crippen molar-refractivity contribution in [2.75, 3.05) is 11.1 Å². The topological polar surface area (TPSA) is 76.7 Å². The van der Waals surface area contributed by atoms with Crippen LogP contribution < -0.4 is 11.1 Å². The Bertz CT molecular complexity index is 622. The lowest BCUT2D eigenvalue weighted by Gasteiger charge is -2.26. The molecule has 0 spiro atoms. The number of nitrogens with zero attached hydrogens (tertiary/aromatic N) is 3. The van der Waals surface area contributed by atoms with Gasteiger partial charge in [-0.3, -0.25) is 0 Å². The number of nitrogens with two attached hydrogens (primary N) is 1. The second kappa shape index (κ2) is 5.52. The number of aromatic nitrogens is 3. The van der Waals surface area contributed by atoms with Gasteiger partial charge in [0, 0.05) is 23.3 Å². The number of hydrogen-bond acceptors (Lipinski definition) is 5. The number of alkyl halides is 1. The van der Waals surface area contributed by atoms with Crippen molar-refractivity contribution in [1.29, 1.82) is 0 Å². The second-order valence-electron chi connectivity index (χ2n) is 5.38. The molecule has 3 rings (SSSR count). The molecule has 106 valence electrons. The van der Waals surface area contributed by atoms with E-state index in [-0.39, 0.29) is 0 Å². The van der Waals surface area contributed by atoms with E-state index >= 15 is 0 Å². The van der Waals surface area contributed by atoms with Crippen LogP contribution in [0.2, 0.25) is 0 Å². The summed E-state index contributed by atoms with van der Waals surface area (Å²) >= 11 is 3.67. The van der Waals surface area contributed by atoms with E-state index in [0.29, 0.717) is 22.6 Å². The Hall–Kier alpha value is -1.43. The molecule has 0 atom stereocenters. The van der Waals surface area contributed by atoms with E-state index in [1.807, 2.05) is 6.92 Å². The molecule has 3 N–H and O–H groups in total. The molecule has 1 aliphatic rings. The van der Waals surface area contributed by atoms with Gasteiger partial charge >= 0.3 is 0 Å². The van der Waals surface area contributed by atoms with E-state index in [0.717, 1.165) is 29.3 Å². The quantitative estimate of drug-likeness (QED) is 0.825. The minimum atomic E-state index is 0.459. The van der Waals surface area contributed by atoms with Crippen molar-refractivity contribution in [2.45, 2.75) is 43.5 Å². The van der Waals surface area contributed by atoms with Crippen LogP contribution in [-0.2, 0) is 0 Å². The third kappa shape index (κ3) is 2.70. The molecule has 0 bridgehead atoms. The molecular weight excluding hydrogens is 318 g/mol. The normalized spacial score (nSPS) is 22.9. The highest BCUT2D eigenvalue weighted by Crippen LogP contribution is 2.26. The van der Waals surface area contributed by atoms with Gasteiger partial charge in [-0.05, 0) is 38.2 Å². The highest BCUT2D eigenvalue weighted by atomic mass is 79.9. The molecular formula is C14H18BrN5. The van der Waals surface area contributed by atoms with Crippen LogP contribution in [0.25, 0.3) is 10.9 Å². The summed E-state index contributed by atoms with van der Waals surface area (Å²) in [7, 11) is 0. The number of nitrogens with one attached hydrogen (secondary N) is 1. The number of hydrogen-bond donors (Lipinski definition) is 2. The fraction of sp³-hybridized carbons (Fsp3) is 0.500. The van der Waals surface area contributed by atoms with Crippen molar-refractivity contribution in [3.63, 3.8) is 0 Å². The first-order chi connectivity index (χ1) is 9.63. The molecule has 0 aliphatic heterocycles. The van der Waals surface area contributed by atoms with Gasteiger partial charge in [-0.1, -0.05) is 15.9 Å². The average Bonchev–Trinajstić information content (AvgIpc) is 2.46. The van der Waals surface area contributed by atoms with E-state index in [2.05, 4.69) is 36.2 Å². The molecule has 1 aliphatic carbocycles. The molecule has 20 heavy (non-hydrogen) atoms. The molecule has 2 aromatic heterocycles. The lowest BCUT2D eigenvalue weighted by molar-refractivity contribution is 0.475. The Morgan fingerprint density at radius 1 is 1.20 bits per heavy atom. The van der Waals surface area contributed by atoms with Gasteiger partial charge < -0.3 is 11.1 Å². The minimum absolute atomic E-state index is 0.459. The molecule has 1 fully saturated rings. The first-order valence-corrected chi connectivity index (χ1v) is 7.83. The SMILES string of the molecule is Cc1cnc(N)c2cnc(NC3CCC(Br)CC3)nc12. The van der Waals surface area contributed by atoms with Crippen LogP contribution in [0, 0.1) is 6.92 Å². The number of fused-ring (bicyclic) bond motifs is 1. The third-order valence-electron chi connectivity index (χ3n) is 3.83. The van der Waals surface area contributed by atoms with Crippen LogP contribution in [0.4, 0.5) is 11.8 Å². The van der Waals surface area contributed by atoms with Gasteiger partial charge in [0.2, 0.25) is 5.95 Å². The predicted octanol–water partition coefficient (Wildman–Crippen LogP) is 3.03. The van der Waals surface area contributed by atoms with Crippen molar-refractivity contribution < 1.29 is 0 Å². The zero-order valence-corrected chi connectivity index (χ0v) is 13.0. The summed E-state index contributed by atoms with van der Waals surface area (Å²) in [6, 6.07) is 0.459. The summed E-state index contributed by atoms with van der Waals surface area (Å²) in [5, 5.41) is 4.26. The third-order valence-corrected chi connectivity index (χ3v) is 4.74. The molecule has 0 amide bonds. The molecule has 2 heterocycles. The smallest absolute Gasteiger partial charge is 0.223 e. The maximum Gasteiger partial charge on any atom is 0.223 e. The van der Waals surface area contributed by atoms with Crippen LogP contribution in [-0.4, -0.2) is 25.8 Å². The van der Waals surface area contributed by atoms with Gasteiger partial charge in [0.15, 0.2) is 0 Å². The molecule has 0 saturated heterocycles. The zero-order chi connectivity index (χ0) is 14.1. The van der Waals surface area contributed by atoms with E-state index in [1.54, 1.807) is 12.4 Å². The van der Waals surface area contributed by atoms with Crippen LogP contribution in [0.5, 0.6) is 0 Å². The lowest BCUT2D eigenvalue weighted by atomic mass is 9.95. The van der Waals surface area contributed by atoms with Gasteiger partial charge in [-0.25, -0.2) is 15.0 Å². The van der Waals surface area contributed by atoms with Crippen molar-refractivity contribution in [2.24, 2.45) is 0 Å². The Balaban J connectivity index is 1.84. The van der Waals surface area contributed by atoms with Gasteiger partial charge in [0.1, 0.15) is 5.82 Å². The number of anilines is 2. The summed E-state index contributed by atoms with van der Waals surface area (Å²) in [5.41, 5.74) is 7.75. The Morgan fingerprint density at radius 2 is 1.95 bits per heavy atom. The zero-order valence-electron chi connectivity index (χ0n) is 11.4. The number of rotatable bonds is 2. The summed E-state index contributed by atoms with van der Waals surface area (Å²) in [5.74, 6) is 1.17. The van der Waals surface area contributed by atoms with E-state index in [1.165, 1.54) is 12.8 Å². The molecule has 1 saturated carbocycles. The van der Waals surface area contributed by atoms with Crippen molar-refractivity contribution in [3.05, 3.63) is 18.0 Å². The molecule has 0 unspecified atom stereocenters. The van der Waals surface area contributed by atoms with E-state index < -0.39 is 0 Å². The standard InChI is InChI=1S/C14H18BrN5/c1-8-6-17-13(16)11-7-18-14(20-12(8)11)19-10-4-2-9(15)3-5-10/h6-7,9-10H,2-5H2,1H3,(H2,16,17)(H,18,19,20). The van der Waals surface area contributed by atoms with Crippen LogP contribution in [0.15, 0.2) is 12.4 Å². The van der Waals surface area contributed by atoms with E-state index in [9.17, 15) is 0 Å². The molecule has 0 aromatic carbocycles. The fourth-order valence-electron chi connectivity index (χ4n) is 2.62. The second-order valence-corrected chi connectivity index (χ2v) is 6.67. The summed E-state index contributed by atoms with van der Waals surface area (Å²) < 4.78 is 0. The Labute approximate surface area is 126 Å². The van der Waals surface area contributed by atoms with Crippen LogP contribution in [0.1, 0.15) is 31.2 Å². The first-order valence-electron chi connectivity index (χ1n) is 6.92. The van der Waals surface area contributed by atoms with Gasteiger partial charge in [0.25, 0.3) is 0 Å². The highest BCUT2D eigenvalue weighted by molar-refractivity contribution is 9.09. The molecule has 0 radical (unpaired) electrons. The summed E-state index contributed by atoms with van der Waals surface area (Å²) in [4.78, 5) is 13.8. The predicted molar refractivity (Wildman–Crippen MR) is 85.1 cm³/mol. The lowest BCUT2D eigenvalue weighted by Crippen LogP contribution is -2.27. The van der Waals surface area contributed by atoms with Gasteiger partial charge in [0.05, 0.1) is 10.9 Å². The molecule has 6 heteroatoms. The van der Waals surface area contributed by atoms with Crippen molar-refractivity contribution >= 4 is 38.6 Å². The van der Waals surface area contributed by atoms with Gasteiger partial charge in [-0.2, -0.15) is 0 Å². The number of nitrogen functional groups attached to an aromatic ring is 1. The number of aryl methyl sites for hydroxylation is 1. The number of pyridine rings is 1. The van der Waals surface area contributed by atoms with Crippen molar-refractivity contribution in [1.82, 2.24) is 15.0 Å². The fourth-order valence-corrected chi connectivity index (χ4v) is 3.14. The minimum Gasteiger partial charge on any atom is -0.383 e. The average molecular weight is 336 g/mol. The largest absolute Gasteiger partial charge is 0.383 e. The highest BCUT2D eigenvalue weighted by Gasteiger charge is 2.19. The maximum atomic E-state index is 5.86. The molecule has 5 nitrogen and oxygen atoms in total. The Kier molecular flexibility index (Phi) is 3.74.